The van der Waals surface area contributed by atoms with Gasteiger partial charge in [0, 0.05) is 5.57 Å². The third kappa shape index (κ3) is 6.67. The second-order valence-electron chi connectivity index (χ2n) is 3.82. The summed E-state index contributed by atoms with van der Waals surface area (Å²) in [5, 5.41) is 0. The Morgan fingerprint density at radius 1 is 0.857 bits per heavy atom. The highest BCUT2D eigenvalue weighted by Gasteiger charge is 2.41. The zero-order valence-electron chi connectivity index (χ0n) is 10.7. The molecule has 0 aliphatic carbocycles. The Bertz CT molecular complexity index is 446. The number of aliphatic imine (C=N–C) groups is 1. The van der Waals surface area contributed by atoms with Gasteiger partial charge in [0.05, 0.1) is 0 Å². The molecule has 0 amide bonds. The molecule has 1 nitrogen and oxygen atoms in total. The predicted molar refractivity (Wildman–Crippen MR) is 57.7 cm³/mol. The van der Waals surface area contributed by atoms with E-state index in [1.165, 1.54) is 6.92 Å². The average Bonchev–Trinajstić information content (AvgIpc) is 2.22. The standard InChI is InChI=1S/C11H10F9N/c1-3-4-7(10(15,16)17)21-8(11(18,19)20)5-6(2)9(12,13)14/h4-5H,3H2,1-2H3/b6-5+,7-4+,21-8+. The molecule has 122 valence electrons. The molecule has 0 atom stereocenters. The van der Waals surface area contributed by atoms with Crippen LogP contribution in [0.15, 0.2) is 28.4 Å². The average molecular weight is 327 g/mol. The molecule has 0 N–H and O–H groups in total. The van der Waals surface area contributed by atoms with Gasteiger partial charge in [-0.25, -0.2) is 4.99 Å². The minimum Gasteiger partial charge on any atom is -0.239 e. The van der Waals surface area contributed by atoms with Crippen molar-refractivity contribution in [2.24, 2.45) is 4.99 Å². The van der Waals surface area contributed by atoms with E-state index in [0.29, 0.717) is 13.0 Å². The Morgan fingerprint density at radius 2 is 1.33 bits per heavy atom. The lowest BCUT2D eigenvalue weighted by molar-refractivity contribution is -0.0933. The molecule has 0 aliphatic heterocycles. The first-order valence-corrected chi connectivity index (χ1v) is 5.38. The molecular weight excluding hydrogens is 317 g/mol. The van der Waals surface area contributed by atoms with Crippen molar-refractivity contribution >= 4 is 5.71 Å². The predicted octanol–water partition coefficient (Wildman–Crippen LogP) is 5.35. The molecule has 10 heteroatoms. The highest BCUT2D eigenvalue weighted by atomic mass is 19.4. The van der Waals surface area contributed by atoms with Crippen LogP contribution in [-0.2, 0) is 0 Å². The summed E-state index contributed by atoms with van der Waals surface area (Å²) in [6.07, 6.45) is -16.2. The number of hydrogen-bond donors (Lipinski definition) is 0. The minimum atomic E-state index is -5.45. The number of allylic oxidation sites excluding steroid dienone is 4. The first kappa shape index (κ1) is 19.5. The van der Waals surface area contributed by atoms with Crippen LogP contribution in [0, 0.1) is 0 Å². The van der Waals surface area contributed by atoms with Crippen molar-refractivity contribution in [3.8, 4) is 0 Å². The van der Waals surface area contributed by atoms with Gasteiger partial charge in [-0.15, -0.1) is 0 Å². The Labute approximate surface area is 113 Å². The largest absolute Gasteiger partial charge is 0.433 e. The van der Waals surface area contributed by atoms with Crippen LogP contribution in [-0.4, -0.2) is 24.2 Å². The molecule has 0 aromatic rings. The summed E-state index contributed by atoms with van der Waals surface area (Å²) in [4.78, 5) is 2.31. The molecule has 0 heterocycles. The summed E-state index contributed by atoms with van der Waals surface area (Å²) in [5.74, 6) is 0. The number of halogens is 9. The second-order valence-corrected chi connectivity index (χ2v) is 3.82. The highest BCUT2D eigenvalue weighted by Crippen LogP contribution is 2.31. The fourth-order valence-electron chi connectivity index (χ4n) is 1.01. The molecule has 0 radical (unpaired) electrons. The third-order valence-electron chi connectivity index (χ3n) is 2.02. The van der Waals surface area contributed by atoms with Gasteiger partial charge in [0.25, 0.3) is 0 Å². The van der Waals surface area contributed by atoms with Crippen molar-refractivity contribution in [1.82, 2.24) is 0 Å². The summed E-state index contributed by atoms with van der Waals surface area (Å²) in [7, 11) is 0. The van der Waals surface area contributed by atoms with E-state index < -0.39 is 41.6 Å². The van der Waals surface area contributed by atoms with Crippen LogP contribution in [0.25, 0.3) is 0 Å². The van der Waals surface area contributed by atoms with Gasteiger partial charge in [0.1, 0.15) is 11.4 Å². The summed E-state index contributed by atoms with van der Waals surface area (Å²) >= 11 is 0. The normalized spacial score (nSPS) is 16.4. The van der Waals surface area contributed by atoms with E-state index in [2.05, 4.69) is 4.99 Å². The van der Waals surface area contributed by atoms with Gasteiger partial charge in [-0.05, 0) is 19.4 Å². The Kier molecular flexibility index (Phi) is 6.06. The van der Waals surface area contributed by atoms with E-state index in [0.717, 1.165) is 0 Å². The lowest BCUT2D eigenvalue weighted by Crippen LogP contribution is -2.25. The van der Waals surface area contributed by atoms with Crippen LogP contribution in [0.2, 0.25) is 0 Å². The van der Waals surface area contributed by atoms with Crippen LogP contribution in [0.5, 0.6) is 0 Å². The van der Waals surface area contributed by atoms with Crippen molar-refractivity contribution in [2.45, 2.75) is 38.8 Å². The second kappa shape index (κ2) is 6.52. The summed E-state index contributed by atoms with van der Waals surface area (Å²) in [6.45, 7) is 1.52. The SMILES string of the molecule is CC/C=C(/N=C(\C=C(/C)C(F)(F)F)C(F)(F)F)C(F)(F)F. The van der Waals surface area contributed by atoms with Gasteiger partial charge >= 0.3 is 18.5 Å². The van der Waals surface area contributed by atoms with Crippen LogP contribution >= 0.6 is 0 Å². The monoisotopic (exact) mass is 327 g/mol. The third-order valence-corrected chi connectivity index (χ3v) is 2.02. The fraction of sp³-hybridized carbons (Fsp3) is 0.545. The molecule has 0 aromatic carbocycles. The van der Waals surface area contributed by atoms with E-state index in [4.69, 9.17) is 0 Å². The summed E-state index contributed by atoms with van der Waals surface area (Å²) in [5.41, 5.74) is -5.88. The van der Waals surface area contributed by atoms with Gasteiger partial charge in [0.2, 0.25) is 0 Å². The lowest BCUT2D eigenvalue weighted by atomic mass is 10.2. The number of hydrogen-bond acceptors (Lipinski definition) is 1. The lowest BCUT2D eigenvalue weighted by Gasteiger charge is -2.13. The van der Waals surface area contributed by atoms with Crippen LogP contribution in [0.3, 0.4) is 0 Å². The first-order valence-electron chi connectivity index (χ1n) is 5.38. The Morgan fingerprint density at radius 3 is 1.62 bits per heavy atom. The molecule has 0 fully saturated rings. The fourth-order valence-corrected chi connectivity index (χ4v) is 1.01. The van der Waals surface area contributed by atoms with E-state index in [1.54, 1.807) is 0 Å². The quantitative estimate of drug-likeness (QED) is 0.489. The molecule has 0 saturated carbocycles. The summed E-state index contributed by atoms with van der Waals surface area (Å²) < 4.78 is 111. The van der Waals surface area contributed by atoms with Gasteiger partial charge in [-0.3, -0.25) is 0 Å². The van der Waals surface area contributed by atoms with Gasteiger partial charge < -0.3 is 0 Å². The number of rotatable bonds is 3. The van der Waals surface area contributed by atoms with Crippen molar-refractivity contribution in [3.63, 3.8) is 0 Å². The van der Waals surface area contributed by atoms with Crippen LogP contribution in [0.1, 0.15) is 20.3 Å². The molecule has 0 unspecified atom stereocenters. The molecule has 0 saturated heterocycles. The van der Waals surface area contributed by atoms with Crippen molar-refractivity contribution in [1.29, 1.82) is 0 Å². The number of nitrogens with zero attached hydrogens (tertiary/aromatic N) is 1. The van der Waals surface area contributed by atoms with E-state index in [-0.39, 0.29) is 6.42 Å². The zero-order chi connectivity index (χ0) is 17.1. The van der Waals surface area contributed by atoms with Crippen LogP contribution < -0.4 is 0 Å². The zero-order valence-corrected chi connectivity index (χ0v) is 10.7. The highest BCUT2D eigenvalue weighted by molar-refractivity contribution is 6.00. The van der Waals surface area contributed by atoms with Crippen LogP contribution in [0.4, 0.5) is 39.5 Å². The molecule has 0 aromatic heterocycles. The van der Waals surface area contributed by atoms with Crippen molar-refractivity contribution in [2.75, 3.05) is 0 Å². The molecule has 0 bridgehead atoms. The first-order chi connectivity index (χ1) is 9.19. The van der Waals surface area contributed by atoms with E-state index >= 15 is 0 Å². The summed E-state index contributed by atoms with van der Waals surface area (Å²) in [6, 6.07) is 0. The maximum Gasteiger partial charge on any atom is 0.433 e. The topological polar surface area (TPSA) is 12.4 Å². The van der Waals surface area contributed by atoms with Gasteiger partial charge in [0.15, 0.2) is 0 Å². The van der Waals surface area contributed by atoms with Gasteiger partial charge in [-0.2, -0.15) is 39.5 Å². The molecule has 21 heavy (non-hydrogen) atoms. The molecule has 0 spiro atoms. The maximum absolute atomic E-state index is 12.5. The number of alkyl halides is 9. The smallest absolute Gasteiger partial charge is 0.239 e. The van der Waals surface area contributed by atoms with E-state index in [1.807, 2.05) is 0 Å². The molecule has 0 aliphatic rings. The maximum atomic E-state index is 12.5. The molecular formula is C11H10F9N. The van der Waals surface area contributed by atoms with Crippen molar-refractivity contribution < 1.29 is 39.5 Å². The molecule has 0 rings (SSSR count). The van der Waals surface area contributed by atoms with Crippen molar-refractivity contribution in [3.05, 3.63) is 23.4 Å². The Hall–Kier alpha value is -1.48. The van der Waals surface area contributed by atoms with Gasteiger partial charge in [-0.1, -0.05) is 13.0 Å². The minimum absolute atomic E-state index is 0.286. The van der Waals surface area contributed by atoms with E-state index in [9.17, 15) is 39.5 Å². The Balaban J connectivity index is 5.97.